The summed E-state index contributed by atoms with van der Waals surface area (Å²) in [5.74, 6) is -0.537. The van der Waals surface area contributed by atoms with Gasteiger partial charge < -0.3 is 16.8 Å². The number of primary amides is 1. The zero-order valence-electron chi connectivity index (χ0n) is 9.90. The molecule has 2 unspecified atom stereocenters. The number of para-hydroxylation sites is 1. The lowest BCUT2D eigenvalue weighted by atomic mass is 10.1. The van der Waals surface area contributed by atoms with Crippen LogP contribution in [0.1, 0.15) is 17.3 Å². The monoisotopic (exact) mass is 255 g/mol. The second kappa shape index (κ2) is 5.67. The molecule has 0 saturated heterocycles. The summed E-state index contributed by atoms with van der Waals surface area (Å²) in [5.41, 5.74) is 12.3. The second-order valence-corrected chi connectivity index (χ2v) is 5.63. The Morgan fingerprint density at radius 2 is 2.18 bits per heavy atom. The Morgan fingerprint density at radius 3 is 2.71 bits per heavy atom. The van der Waals surface area contributed by atoms with Crippen molar-refractivity contribution in [3.8, 4) is 0 Å². The minimum Gasteiger partial charge on any atom is -0.397 e. The molecule has 2 atom stereocenters. The fourth-order valence-electron chi connectivity index (χ4n) is 1.34. The van der Waals surface area contributed by atoms with Gasteiger partial charge in [0.2, 0.25) is 0 Å². The number of anilines is 2. The summed E-state index contributed by atoms with van der Waals surface area (Å²) in [5, 5.41) is 2.99. The van der Waals surface area contributed by atoms with Crippen LogP contribution in [-0.2, 0) is 10.8 Å². The molecule has 0 heterocycles. The average molecular weight is 255 g/mol. The fraction of sp³-hybridized carbons (Fsp3) is 0.364. The Balaban J connectivity index is 2.90. The van der Waals surface area contributed by atoms with Gasteiger partial charge >= 0.3 is 0 Å². The maximum Gasteiger partial charge on any atom is 0.250 e. The second-order valence-electron chi connectivity index (χ2n) is 3.82. The van der Waals surface area contributed by atoms with E-state index in [1.807, 2.05) is 6.92 Å². The lowest BCUT2D eigenvalue weighted by molar-refractivity contribution is 0.100. The first-order chi connectivity index (χ1) is 7.93. The number of nitrogens with one attached hydrogen (secondary N) is 1. The van der Waals surface area contributed by atoms with Gasteiger partial charge in [0.1, 0.15) is 0 Å². The third-order valence-electron chi connectivity index (χ3n) is 2.50. The van der Waals surface area contributed by atoms with Crippen LogP contribution in [0.25, 0.3) is 0 Å². The van der Waals surface area contributed by atoms with E-state index in [2.05, 4.69) is 5.32 Å². The largest absolute Gasteiger partial charge is 0.397 e. The molecule has 94 valence electrons. The zero-order chi connectivity index (χ0) is 13.0. The van der Waals surface area contributed by atoms with E-state index >= 15 is 0 Å². The van der Waals surface area contributed by atoms with Crippen LogP contribution in [0.2, 0.25) is 0 Å². The smallest absolute Gasteiger partial charge is 0.250 e. The van der Waals surface area contributed by atoms with Crippen molar-refractivity contribution in [2.24, 2.45) is 5.73 Å². The van der Waals surface area contributed by atoms with Crippen LogP contribution in [-0.4, -0.2) is 28.2 Å². The number of hydrogen-bond acceptors (Lipinski definition) is 4. The van der Waals surface area contributed by atoms with Gasteiger partial charge in [-0.1, -0.05) is 6.07 Å². The van der Waals surface area contributed by atoms with E-state index in [1.165, 1.54) is 0 Å². The number of rotatable bonds is 5. The van der Waals surface area contributed by atoms with Crippen molar-refractivity contribution in [1.82, 2.24) is 0 Å². The van der Waals surface area contributed by atoms with Crippen molar-refractivity contribution in [2.45, 2.75) is 12.2 Å². The summed E-state index contributed by atoms with van der Waals surface area (Å²) in [6.07, 6.45) is 1.63. The Hall–Kier alpha value is -1.56. The number of carbonyl (C=O) groups excluding carboxylic acids is 1. The molecule has 0 spiro atoms. The van der Waals surface area contributed by atoms with Crippen molar-refractivity contribution in [3.05, 3.63) is 23.8 Å². The van der Waals surface area contributed by atoms with E-state index in [4.69, 9.17) is 11.5 Å². The third-order valence-corrected chi connectivity index (χ3v) is 3.80. The van der Waals surface area contributed by atoms with Crippen LogP contribution in [0.5, 0.6) is 0 Å². The molecule has 0 aliphatic rings. The normalized spacial score (nSPS) is 14.0. The number of nitrogen functional groups attached to an aromatic ring is 1. The maximum atomic E-state index is 11.2. The van der Waals surface area contributed by atoms with E-state index in [-0.39, 0.29) is 5.25 Å². The van der Waals surface area contributed by atoms with Gasteiger partial charge in [-0.3, -0.25) is 9.00 Å². The molecule has 0 bridgehead atoms. The average Bonchev–Trinajstić information content (AvgIpc) is 2.26. The van der Waals surface area contributed by atoms with Gasteiger partial charge in [0.15, 0.2) is 0 Å². The number of carbonyl (C=O) groups is 1. The SMILES string of the molecule is CC(CNc1c(N)cccc1C(N)=O)S(C)=O. The molecule has 0 saturated carbocycles. The van der Waals surface area contributed by atoms with Gasteiger partial charge in [-0.25, -0.2) is 0 Å². The first-order valence-electron chi connectivity index (χ1n) is 5.18. The van der Waals surface area contributed by atoms with Crippen molar-refractivity contribution in [3.63, 3.8) is 0 Å². The Bertz CT molecular complexity index is 448. The van der Waals surface area contributed by atoms with Crippen molar-refractivity contribution < 1.29 is 9.00 Å². The summed E-state index contributed by atoms with van der Waals surface area (Å²) in [6.45, 7) is 2.32. The first-order valence-corrected chi connectivity index (χ1v) is 6.80. The third kappa shape index (κ3) is 3.45. The molecular weight excluding hydrogens is 238 g/mol. The number of benzene rings is 1. The van der Waals surface area contributed by atoms with Gasteiger partial charge in [0.25, 0.3) is 5.91 Å². The van der Waals surface area contributed by atoms with Crippen LogP contribution in [0, 0.1) is 0 Å². The molecule has 0 aromatic heterocycles. The van der Waals surface area contributed by atoms with Crippen molar-refractivity contribution >= 4 is 28.1 Å². The fourth-order valence-corrected chi connectivity index (χ4v) is 1.65. The molecule has 1 rings (SSSR count). The van der Waals surface area contributed by atoms with Gasteiger partial charge in [-0.15, -0.1) is 0 Å². The molecule has 6 heteroatoms. The van der Waals surface area contributed by atoms with E-state index in [0.717, 1.165) is 0 Å². The number of hydrogen-bond donors (Lipinski definition) is 3. The summed E-state index contributed by atoms with van der Waals surface area (Å²) >= 11 is 0. The van der Waals surface area contributed by atoms with Gasteiger partial charge in [-0.05, 0) is 19.1 Å². The quantitative estimate of drug-likeness (QED) is 0.669. The summed E-state index contributed by atoms with van der Waals surface area (Å²) in [4.78, 5) is 11.2. The highest BCUT2D eigenvalue weighted by atomic mass is 32.2. The highest BCUT2D eigenvalue weighted by Crippen LogP contribution is 2.23. The lowest BCUT2D eigenvalue weighted by Gasteiger charge is -2.15. The van der Waals surface area contributed by atoms with Crippen LogP contribution in [0.3, 0.4) is 0 Å². The summed E-state index contributed by atoms with van der Waals surface area (Å²) < 4.78 is 11.2. The predicted molar refractivity (Wildman–Crippen MR) is 71.4 cm³/mol. The molecule has 17 heavy (non-hydrogen) atoms. The molecule has 1 aromatic carbocycles. The van der Waals surface area contributed by atoms with E-state index in [1.54, 1.807) is 24.5 Å². The number of amides is 1. The zero-order valence-corrected chi connectivity index (χ0v) is 10.7. The highest BCUT2D eigenvalue weighted by Gasteiger charge is 2.12. The molecule has 5 nitrogen and oxygen atoms in total. The number of nitrogens with two attached hydrogens (primary N) is 2. The highest BCUT2D eigenvalue weighted by molar-refractivity contribution is 7.84. The molecule has 0 aliphatic heterocycles. The maximum absolute atomic E-state index is 11.2. The van der Waals surface area contributed by atoms with Crippen LogP contribution < -0.4 is 16.8 Å². The van der Waals surface area contributed by atoms with Crippen molar-refractivity contribution in [2.75, 3.05) is 23.9 Å². The van der Waals surface area contributed by atoms with Crippen LogP contribution in [0.15, 0.2) is 18.2 Å². The molecule has 1 amide bonds. The molecule has 0 fully saturated rings. The first kappa shape index (κ1) is 13.5. The lowest BCUT2D eigenvalue weighted by Crippen LogP contribution is -2.23. The Labute approximate surface area is 103 Å². The van der Waals surface area contributed by atoms with E-state index in [0.29, 0.717) is 23.5 Å². The molecular formula is C11H17N3O2S. The van der Waals surface area contributed by atoms with Crippen LogP contribution in [0.4, 0.5) is 11.4 Å². The predicted octanol–water partition coefficient (Wildman–Crippen LogP) is 0.547. The summed E-state index contributed by atoms with van der Waals surface area (Å²) in [7, 11) is -0.927. The molecule has 5 N–H and O–H groups in total. The molecule has 0 aliphatic carbocycles. The minimum atomic E-state index is -0.927. The van der Waals surface area contributed by atoms with Crippen LogP contribution >= 0.6 is 0 Å². The van der Waals surface area contributed by atoms with Crippen molar-refractivity contribution in [1.29, 1.82) is 0 Å². The van der Waals surface area contributed by atoms with E-state index < -0.39 is 16.7 Å². The Kier molecular flexibility index (Phi) is 4.51. The molecule has 0 radical (unpaired) electrons. The van der Waals surface area contributed by atoms with Gasteiger partial charge in [0.05, 0.1) is 16.9 Å². The topological polar surface area (TPSA) is 98.2 Å². The summed E-state index contributed by atoms with van der Waals surface area (Å²) in [6, 6.07) is 4.96. The van der Waals surface area contributed by atoms with Gasteiger partial charge in [-0.2, -0.15) is 0 Å². The standard InChI is InChI=1S/C11H17N3O2S/c1-7(17(2)16)6-14-10-8(11(13)15)4-3-5-9(10)12/h3-5,7,14H,6,12H2,1-2H3,(H2,13,15). The van der Waals surface area contributed by atoms with Gasteiger partial charge in [0, 0.05) is 28.9 Å². The van der Waals surface area contributed by atoms with E-state index in [9.17, 15) is 9.00 Å². The Morgan fingerprint density at radius 1 is 1.53 bits per heavy atom. The molecule has 1 aromatic rings. The minimum absolute atomic E-state index is 0.0321.